The quantitative estimate of drug-likeness (QED) is 0.804. The molecule has 0 spiro atoms. The molecule has 1 aliphatic rings. The minimum absolute atomic E-state index is 0.174. The van der Waals surface area contributed by atoms with Crippen molar-refractivity contribution in [1.82, 2.24) is 24.3 Å². The largest absolute Gasteiger partial charge is 0.342 e. The lowest BCUT2D eigenvalue weighted by Crippen LogP contribution is -2.39. The number of piperidine rings is 1. The highest BCUT2D eigenvalue weighted by Crippen LogP contribution is 2.27. The summed E-state index contributed by atoms with van der Waals surface area (Å²) < 4.78 is 2.26. The third-order valence-corrected chi connectivity index (χ3v) is 4.81. The highest BCUT2D eigenvalue weighted by molar-refractivity contribution is 5.78. The van der Waals surface area contributed by atoms with E-state index < -0.39 is 0 Å². The van der Waals surface area contributed by atoms with Crippen LogP contribution < -0.4 is 0 Å². The molecule has 1 amide bonds. The molecule has 3 heterocycles. The van der Waals surface area contributed by atoms with Crippen LogP contribution in [0.4, 0.5) is 0 Å². The maximum absolute atomic E-state index is 12.5. The van der Waals surface area contributed by atoms with Gasteiger partial charge >= 0.3 is 0 Å². The van der Waals surface area contributed by atoms with Gasteiger partial charge in [0, 0.05) is 56.4 Å². The Hall–Kier alpha value is -2.21. The van der Waals surface area contributed by atoms with Crippen molar-refractivity contribution in [3.05, 3.63) is 48.3 Å². The van der Waals surface area contributed by atoms with Crippen molar-refractivity contribution in [2.24, 2.45) is 0 Å². The molecule has 0 N–H and O–H groups in total. The minimum atomic E-state index is 0.174. The summed E-state index contributed by atoms with van der Waals surface area (Å²) in [5.74, 6) is 1.78. The van der Waals surface area contributed by atoms with Crippen LogP contribution in [0.1, 0.15) is 30.3 Å². The second-order valence-electron chi connectivity index (χ2n) is 6.94. The summed E-state index contributed by atoms with van der Waals surface area (Å²) in [6.45, 7) is 3.57. The number of nitrogens with zero attached hydrogens (tertiary/aromatic N) is 5. The lowest BCUT2D eigenvalue weighted by molar-refractivity contribution is -0.131. The minimum Gasteiger partial charge on any atom is -0.342 e. The lowest BCUT2D eigenvalue weighted by atomic mass is 9.95. The molecule has 1 fully saturated rings. The number of carbonyl (C=O) groups excluding carboxylic acids is 1. The second kappa shape index (κ2) is 8.25. The van der Waals surface area contributed by atoms with Crippen LogP contribution in [0.2, 0.25) is 0 Å². The summed E-state index contributed by atoms with van der Waals surface area (Å²) in [7, 11) is 4.17. The van der Waals surface area contributed by atoms with E-state index >= 15 is 0 Å². The average Bonchev–Trinajstić information content (AvgIpc) is 3.09. The van der Waals surface area contributed by atoms with E-state index in [4.69, 9.17) is 0 Å². The van der Waals surface area contributed by atoms with Crippen LogP contribution >= 0.6 is 0 Å². The third-order valence-electron chi connectivity index (χ3n) is 4.81. The van der Waals surface area contributed by atoms with Crippen molar-refractivity contribution in [3.8, 4) is 0 Å². The predicted octanol–water partition coefficient (Wildman–Crippen LogP) is 1.79. The number of likely N-dealkylation sites (N-methyl/N-ethyl adjacent to an activating group) is 1. The van der Waals surface area contributed by atoms with Crippen molar-refractivity contribution in [2.75, 3.05) is 33.7 Å². The average molecular weight is 341 g/mol. The van der Waals surface area contributed by atoms with E-state index in [-0.39, 0.29) is 5.91 Å². The Bertz CT molecular complexity index is 674. The highest BCUT2D eigenvalue weighted by Gasteiger charge is 2.26. The van der Waals surface area contributed by atoms with Crippen LogP contribution in [0.5, 0.6) is 0 Å². The SMILES string of the molecule is CN(C)CCn1ccnc1C1CCN(C(=O)Cc2ccccn2)CC1. The summed E-state index contributed by atoms with van der Waals surface area (Å²) in [5, 5.41) is 0. The molecule has 0 radical (unpaired) electrons. The van der Waals surface area contributed by atoms with Gasteiger partial charge in [-0.3, -0.25) is 9.78 Å². The number of hydrogen-bond donors (Lipinski definition) is 0. The van der Waals surface area contributed by atoms with Gasteiger partial charge in [0.05, 0.1) is 6.42 Å². The fourth-order valence-electron chi connectivity index (χ4n) is 3.33. The van der Waals surface area contributed by atoms with Gasteiger partial charge in [-0.15, -0.1) is 0 Å². The van der Waals surface area contributed by atoms with Gasteiger partial charge in [-0.05, 0) is 39.1 Å². The van der Waals surface area contributed by atoms with Gasteiger partial charge in [0.2, 0.25) is 5.91 Å². The molecule has 6 heteroatoms. The molecule has 0 saturated carbocycles. The highest BCUT2D eigenvalue weighted by atomic mass is 16.2. The predicted molar refractivity (Wildman–Crippen MR) is 97.3 cm³/mol. The number of amides is 1. The zero-order chi connectivity index (χ0) is 17.6. The van der Waals surface area contributed by atoms with E-state index in [9.17, 15) is 4.79 Å². The van der Waals surface area contributed by atoms with Crippen molar-refractivity contribution in [3.63, 3.8) is 0 Å². The zero-order valence-electron chi connectivity index (χ0n) is 15.1. The first-order valence-corrected chi connectivity index (χ1v) is 8.97. The smallest absolute Gasteiger partial charge is 0.228 e. The molecule has 0 aromatic carbocycles. The fourth-order valence-corrected chi connectivity index (χ4v) is 3.33. The Kier molecular flexibility index (Phi) is 5.81. The number of imidazole rings is 1. The first kappa shape index (κ1) is 17.6. The number of carbonyl (C=O) groups is 1. The Morgan fingerprint density at radius 1 is 1.20 bits per heavy atom. The number of aromatic nitrogens is 3. The van der Waals surface area contributed by atoms with Gasteiger partial charge in [-0.2, -0.15) is 0 Å². The normalized spacial score (nSPS) is 15.7. The standard InChI is InChI=1S/C19H27N5O/c1-22(2)13-14-24-12-9-21-19(24)16-6-10-23(11-7-16)18(25)15-17-5-3-4-8-20-17/h3-5,8-9,12,16H,6-7,10-11,13-15H2,1-2H3. The molecule has 3 rings (SSSR count). The summed E-state index contributed by atoms with van der Waals surface area (Å²) >= 11 is 0. The number of likely N-dealkylation sites (tertiary alicyclic amines) is 1. The van der Waals surface area contributed by atoms with Gasteiger partial charge in [-0.1, -0.05) is 6.07 Å². The molecule has 0 aliphatic carbocycles. The van der Waals surface area contributed by atoms with E-state index in [1.807, 2.05) is 29.3 Å². The van der Waals surface area contributed by atoms with Crippen LogP contribution in [0.25, 0.3) is 0 Å². The van der Waals surface area contributed by atoms with E-state index in [0.717, 1.165) is 44.7 Å². The van der Waals surface area contributed by atoms with Crippen LogP contribution in [0.3, 0.4) is 0 Å². The van der Waals surface area contributed by atoms with Gasteiger partial charge in [0.25, 0.3) is 0 Å². The molecular weight excluding hydrogens is 314 g/mol. The van der Waals surface area contributed by atoms with Crippen molar-refractivity contribution >= 4 is 5.91 Å². The van der Waals surface area contributed by atoms with E-state index in [2.05, 4.69) is 39.7 Å². The molecule has 1 saturated heterocycles. The fraction of sp³-hybridized carbons (Fsp3) is 0.526. The van der Waals surface area contributed by atoms with Crippen molar-refractivity contribution in [1.29, 1.82) is 0 Å². The maximum Gasteiger partial charge on any atom is 0.228 e. The zero-order valence-corrected chi connectivity index (χ0v) is 15.1. The molecule has 2 aromatic heterocycles. The van der Waals surface area contributed by atoms with Crippen LogP contribution in [-0.4, -0.2) is 64.0 Å². The van der Waals surface area contributed by atoms with Crippen LogP contribution in [0, 0.1) is 0 Å². The summed E-state index contributed by atoms with van der Waals surface area (Å²) in [6, 6.07) is 5.71. The molecule has 0 atom stereocenters. The van der Waals surface area contributed by atoms with Crippen LogP contribution in [0.15, 0.2) is 36.8 Å². The molecule has 25 heavy (non-hydrogen) atoms. The summed E-state index contributed by atoms with van der Waals surface area (Å²) in [4.78, 5) is 25.5. The summed E-state index contributed by atoms with van der Waals surface area (Å²) in [5.41, 5.74) is 0.842. The number of hydrogen-bond acceptors (Lipinski definition) is 4. The van der Waals surface area contributed by atoms with E-state index in [1.165, 1.54) is 5.82 Å². The number of rotatable bonds is 6. The van der Waals surface area contributed by atoms with E-state index in [0.29, 0.717) is 12.3 Å². The van der Waals surface area contributed by atoms with Gasteiger partial charge in [0.15, 0.2) is 0 Å². The Labute approximate surface area is 149 Å². The number of pyridine rings is 1. The van der Waals surface area contributed by atoms with Gasteiger partial charge in [-0.25, -0.2) is 4.98 Å². The molecular formula is C19H27N5O. The Balaban J connectivity index is 1.53. The maximum atomic E-state index is 12.5. The lowest BCUT2D eigenvalue weighted by Gasteiger charge is -2.32. The topological polar surface area (TPSA) is 54.3 Å². The molecule has 6 nitrogen and oxygen atoms in total. The van der Waals surface area contributed by atoms with E-state index in [1.54, 1.807) is 6.20 Å². The first-order chi connectivity index (χ1) is 12.1. The molecule has 1 aliphatic heterocycles. The third kappa shape index (κ3) is 4.66. The Morgan fingerprint density at radius 2 is 2.00 bits per heavy atom. The first-order valence-electron chi connectivity index (χ1n) is 8.97. The Morgan fingerprint density at radius 3 is 2.68 bits per heavy atom. The summed E-state index contributed by atoms with van der Waals surface area (Å²) in [6.07, 6.45) is 8.05. The molecule has 0 bridgehead atoms. The molecule has 2 aromatic rings. The van der Waals surface area contributed by atoms with Gasteiger partial charge < -0.3 is 14.4 Å². The molecule has 134 valence electrons. The molecule has 0 unspecified atom stereocenters. The van der Waals surface area contributed by atoms with Crippen LogP contribution in [-0.2, 0) is 17.8 Å². The van der Waals surface area contributed by atoms with Gasteiger partial charge in [0.1, 0.15) is 5.82 Å². The van der Waals surface area contributed by atoms with Crippen molar-refractivity contribution < 1.29 is 4.79 Å². The monoisotopic (exact) mass is 341 g/mol. The van der Waals surface area contributed by atoms with Crippen molar-refractivity contribution in [2.45, 2.75) is 31.7 Å². The second-order valence-corrected chi connectivity index (χ2v) is 6.94.